The van der Waals surface area contributed by atoms with Crippen LogP contribution in [0.1, 0.15) is 11.5 Å². The van der Waals surface area contributed by atoms with Crippen LogP contribution < -0.4 is 0 Å². The van der Waals surface area contributed by atoms with E-state index in [0.717, 1.165) is 26.2 Å². The molecule has 6 nitrogen and oxygen atoms in total. The van der Waals surface area contributed by atoms with Gasteiger partial charge in [-0.15, -0.1) is 0 Å². The van der Waals surface area contributed by atoms with E-state index in [0.29, 0.717) is 41.2 Å². The van der Waals surface area contributed by atoms with E-state index in [1.54, 1.807) is 30.5 Å². The van der Waals surface area contributed by atoms with E-state index in [4.69, 9.17) is 20.5 Å². The van der Waals surface area contributed by atoms with Crippen molar-refractivity contribution in [1.82, 2.24) is 19.9 Å². The zero-order chi connectivity index (χ0) is 17.9. The van der Waals surface area contributed by atoms with Crippen LogP contribution >= 0.6 is 11.6 Å². The van der Waals surface area contributed by atoms with Crippen molar-refractivity contribution >= 4 is 11.6 Å². The van der Waals surface area contributed by atoms with Crippen LogP contribution in [-0.4, -0.2) is 46.1 Å². The fourth-order valence-corrected chi connectivity index (χ4v) is 3.25. The van der Waals surface area contributed by atoms with Crippen molar-refractivity contribution in [3.63, 3.8) is 0 Å². The topological polar surface area (TPSA) is 58.5 Å². The molecule has 4 rings (SSSR count). The second-order valence-electron chi connectivity index (χ2n) is 6.24. The molecule has 3 heterocycles. The van der Waals surface area contributed by atoms with Crippen LogP contribution in [0.2, 0.25) is 5.02 Å². The molecule has 0 radical (unpaired) electrons. The van der Waals surface area contributed by atoms with Crippen molar-refractivity contribution in [2.45, 2.75) is 13.1 Å². The fourth-order valence-electron chi connectivity index (χ4n) is 3.03. The van der Waals surface area contributed by atoms with Gasteiger partial charge in [-0.05, 0) is 24.3 Å². The number of piperazine rings is 1. The highest BCUT2D eigenvalue weighted by Crippen LogP contribution is 2.22. The molecule has 1 saturated heterocycles. The highest BCUT2D eigenvalue weighted by atomic mass is 35.5. The molecule has 0 spiro atoms. The lowest BCUT2D eigenvalue weighted by Gasteiger charge is -2.34. The van der Waals surface area contributed by atoms with Crippen molar-refractivity contribution in [3.8, 4) is 11.6 Å². The van der Waals surface area contributed by atoms with E-state index in [2.05, 4.69) is 19.9 Å². The molecule has 8 heteroatoms. The standard InChI is InChI=1S/C18H18ClFN4O2/c19-14-3-1-4-15(20)13(14)11-23-6-8-24(9-7-23)12-17-21-18(22-26-17)16-5-2-10-25-16/h1-5,10H,6-9,11-12H2. The molecule has 136 valence electrons. The number of benzene rings is 1. The van der Waals surface area contributed by atoms with Crippen LogP contribution in [0.5, 0.6) is 0 Å². The maximum absolute atomic E-state index is 13.9. The van der Waals surface area contributed by atoms with Crippen molar-refractivity contribution in [2.75, 3.05) is 26.2 Å². The number of nitrogens with zero attached hydrogens (tertiary/aromatic N) is 4. The van der Waals surface area contributed by atoms with Gasteiger partial charge in [-0.25, -0.2) is 4.39 Å². The first kappa shape index (κ1) is 17.2. The summed E-state index contributed by atoms with van der Waals surface area (Å²) in [6.07, 6.45) is 1.58. The predicted octanol–water partition coefficient (Wildman–Crippen LogP) is 3.44. The van der Waals surface area contributed by atoms with Crippen LogP contribution in [0, 0.1) is 5.82 Å². The minimum Gasteiger partial charge on any atom is -0.461 e. The SMILES string of the molecule is Fc1cccc(Cl)c1CN1CCN(Cc2nc(-c3ccco3)no2)CC1. The molecule has 0 atom stereocenters. The van der Waals surface area contributed by atoms with E-state index in [-0.39, 0.29) is 5.82 Å². The van der Waals surface area contributed by atoms with Gasteiger partial charge in [0.05, 0.1) is 12.8 Å². The Morgan fingerprint density at radius 1 is 1.04 bits per heavy atom. The summed E-state index contributed by atoms with van der Waals surface area (Å²) in [6, 6.07) is 8.38. The van der Waals surface area contributed by atoms with Gasteiger partial charge < -0.3 is 8.94 Å². The third-order valence-electron chi connectivity index (χ3n) is 4.48. The Morgan fingerprint density at radius 2 is 1.81 bits per heavy atom. The van der Waals surface area contributed by atoms with E-state index in [1.807, 2.05) is 0 Å². The second-order valence-corrected chi connectivity index (χ2v) is 6.65. The first-order chi connectivity index (χ1) is 12.7. The molecule has 0 bridgehead atoms. The van der Waals surface area contributed by atoms with Crippen LogP contribution in [0.15, 0.2) is 45.5 Å². The summed E-state index contributed by atoms with van der Waals surface area (Å²) in [5.74, 6) is 1.35. The van der Waals surface area contributed by atoms with Crippen molar-refractivity contribution in [1.29, 1.82) is 0 Å². The number of hydrogen-bond donors (Lipinski definition) is 0. The van der Waals surface area contributed by atoms with Crippen molar-refractivity contribution in [3.05, 3.63) is 58.9 Å². The molecule has 0 amide bonds. The molecule has 26 heavy (non-hydrogen) atoms. The Balaban J connectivity index is 1.31. The third-order valence-corrected chi connectivity index (χ3v) is 4.83. The quantitative estimate of drug-likeness (QED) is 0.680. The molecule has 2 aromatic heterocycles. The maximum Gasteiger partial charge on any atom is 0.241 e. The minimum absolute atomic E-state index is 0.253. The highest BCUT2D eigenvalue weighted by Gasteiger charge is 2.21. The number of furan rings is 1. The first-order valence-electron chi connectivity index (χ1n) is 8.43. The number of rotatable bonds is 5. The monoisotopic (exact) mass is 376 g/mol. The van der Waals surface area contributed by atoms with Crippen LogP contribution in [0.4, 0.5) is 4.39 Å². The lowest BCUT2D eigenvalue weighted by molar-refractivity contribution is 0.111. The Hall–Kier alpha value is -2.22. The van der Waals surface area contributed by atoms with E-state index in [1.165, 1.54) is 6.07 Å². The molecule has 3 aromatic rings. The molecule has 0 N–H and O–H groups in total. The molecule has 1 aromatic carbocycles. The van der Waals surface area contributed by atoms with Gasteiger partial charge in [0.15, 0.2) is 5.76 Å². The van der Waals surface area contributed by atoms with Gasteiger partial charge in [0.25, 0.3) is 0 Å². The van der Waals surface area contributed by atoms with E-state index < -0.39 is 0 Å². The molecule has 1 aliphatic rings. The molecule has 1 aliphatic heterocycles. The molecule has 0 saturated carbocycles. The summed E-state index contributed by atoms with van der Waals surface area (Å²) in [7, 11) is 0. The van der Waals surface area contributed by atoms with Crippen LogP contribution in [0.3, 0.4) is 0 Å². The summed E-state index contributed by atoms with van der Waals surface area (Å²) in [5.41, 5.74) is 0.558. The van der Waals surface area contributed by atoms with Gasteiger partial charge in [0.2, 0.25) is 11.7 Å². The summed E-state index contributed by atoms with van der Waals surface area (Å²) < 4.78 is 24.5. The summed E-state index contributed by atoms with van der Waals surface area (Å²) in [4.78, 5) is 8.80. The lowest BCUT2D eigenvalue weighted by Crippen LogP contribution is -2.45. The average molecular weight is 377 g/mol. The predicted molar refractivity (Wildman–Crippen MR) is 94.0 cm³/mol. The Morgan fingerprint density at radius 3 is 2.50 bits per heavy atom. The normalized spacial score (nSPS) is 16.2. The zero-order valence-corrected chi connectivity index (χ0v) is 14.8. The number of aromatic nitrogens is 2. The molecular weight excluding hydrogens is 359 g/mol. The van der Waals surface area contributed by atoms with Gasteiger partial charge in [-0.2, -0.15) is 4.98 Å². The van der Waals surface area contributed by atoms with E-state index >= 15 is 0 Å². The Labute approximate surface area is 155 Å². The van der Waals surface area contributed by atoms with Crippen LogP contribution in [-0.2, 0) is 13.1 Å². The van der Waals surface area contributed by atoms with Crippen LogP contribution in [0.25, 0.3) is 11.6 Å². The number of hydrogen-bond acceptors (Lipinski definition) is 6. The van der Waals surface area contributed by atoms with Crippen molar-refractivity contribution in [2.24, 2.45) is 0 Å². The Kier molecular flexibility index (Phi) is 5.01. The van der Waals surface area contributed by atoms with Gasteiger partial charge in [0.1, 0.15) is 5.82 Å². The lowest BCUT2D eigenvalue weighted by atomic mass is 10.2. The summed E-state index contributed by atoms with van der Waals surface area (Å²) in [6.45, 7) is 4.42. The molecule has 1 fully saturated rings. The number of halogens is 2. The van der Waals surface area contributed by atoms with Gasteiger partial charge >= 0.3 is 0 Å². The van der Waals surface area contributed by atoms with E-state index in [9.17, 15) is 4.39 Å². The zero-order valence-electron chi connectivity index (χ0n) is 14.1. The Bertz CT molecular complexity index is 840. The largest absolute Gasteiger partial charge is 0.461 e. The fraction of sp³-hybridized carbons (Fsp3) is 0.333. The molecule has 0 aliphatic carbocycles. The van der Waals surface area contributed by atoms with Gasteiger partial charge in [0, 0.05) is 43.3 Å². The third kappa shape index (κ3) is 3.80. The highest BCUT2D eigenvalue weighted by molar-refractivity contribution is 6.31. The van der Waals surface area contributed by atoms with Gasteiger partial charge in [-0.3, -0.25) is 9.80 Å². The first-order valence-corrected chi connectivity index (χ1v) is 8.81. The molecular formula is C18H18ClFN4O2. The minimum atomic E-state index is -0.253. The summed E-state index contributed by atoms with van der Waals surface area (Å²) >= 11 is 6.12. The summed E-state index contributed by atoms with van der Waals surface area (Å²) in [5, 5.41) is 4.42. The molecule has 0 unspecified atom stereocenters. The van der Waals surface area contributed by atoms with Crippen molar-refractivity contribution < 1.29 is 13.3 Å². The maximum atomic E-state index is 13.9. The smallest absolute Gasteiger partial charge is 0.241 e. The second kappa shape index (κ2) is 7.57. The van der Waals surface area contributed by atoms with Gasteiger partial charge in [-0.1, -0.05) is 22.8 Å². The average Bonchev–Trinajstić information content (AvgIpc) is 3.31.